The molecule has 0 saturated heterocycles. The highest BCUT2D eigenvalue weighted by atomic mass is 35.5. The smallest absolute Gasteiger partial charge is 0.150 e. The van der Waals surface area contributed by atoms with E-state index in [2.05, 4.69) is 31.1 Å². The van der Waals surface area contributed by atoms with E-state index in [1.54, 1.807) is 0 Å². The van der Waals surface area contributed by atoms with Gasteiger partial charge in [-0.2, -0.15) is 0 Å². The fourth-order valence-corrected chi connectivity index (χ4v) is 1.87. The molecule has 86 valence electrons. The molecule has 0 spiro atoms. The van der Waals surface area contributed by atoms with Gasteiger partial charge in [-0.1, -0.05) is 56.8 Å². The molecule has 1 heterocycles. The Morgan fingerprint density at radius 2 is 2.00 bits per heavy atom. The Balaban J connectivity index is 2.48. The van der Waals surface area contributed by atoms with Crippen LogP contribution in [0.4, 0.5) is 0 Å². The molecular formula is C11H20ClN3. The zero-order valence-corrected chi connectivity index (χ0v) is 10.6. The van der Waals surface area contributed by atoms with E-state index in [-0.39, 0.29) is 0 Å². The zero-order chi connectivity index (χ0) is 11.3. The number of unbranched alkanes of at least 4 members (excludes halogenated alkanes) is 3. The summed E-state index contributed by atoms with van der Waals surface area (Å²) in [6.07, 6.45) is 4.91. The van der Waals surface area contributed by atoms with Crippen LogP contribution in [0.1, 0.15) is 58.1 Å². The molecule has 4 heteroatoms. The van der Waals surface area contributed by atoms with Crippen LogP contribution >= 0.6 is 11.6 Å². The molecule has 0 bridgehead atoms. The van der Waals surface area contributed by atoms with E-state index in [0.29, 0.717) is 11.1 Å². The average Bonchev–Trinajstić information content (AvgIpc) is 2.55. The Bertz CT molecular complexity index is 294. The molecule has 15 heavy (non-hydrogen) atoms. The van der Waals surface area contributed by atoms with Crippen LogP contribution in [0.25, 0.3) is 0 Å². The Labute approximate surface area is 96.8 Å². The second-order valence-electron chi connectivity index (χ2n) is 4.20. The molecule has 0 aliphatic heterocycles. The molecule has 0 amide bonds. The fourth-order valence-electron chi connectivity index (χ4n) is 1.50. The maximum Gasteiger partial charge on any atom is 0.150 e. The Morgan fingerprint density at radius 1 is 1.27 bits per heavy atom. The summed E-state index contributed by atoms with van der Waals surface area (Å²) < 4.78 is 1.81. The summed E-state index contributed by atoms with van der Waals surface area (Å²) in [5.41, 5.74) is 0.909. The lowest BCUT2D eigenvalue weighted by atomic mass is 10.1. The van der Waals surface area contributed by atoms with Crippen LogP contribution in [-0.2, 0) is 6.54 Å². The van der Waals surface area contributed by atoms with Crippen LogP contribution in [-0.4, -0.2) is 15.0 Å². The summed E-state index contributed by atoms with van der Waals surface area (Å²) in [7, 11) is 0. The third-order valence-electron chi connectivity index (χ3n) is 2.47. The largest absolute Gasteiger partial charge is 0.234 e. The first-order valence-electron chi connectivity index (χ1n) is 5.75. The van der Waals surface area contributed by atoms with Crippen molar-refractivity contribution in [3.63, 3.8) is 0 Å². The first kappa shape index (κ1) is 12.5. The van der Waals surface area contributed by atoms with Gasteiger partial charge in [0, 0.05) is 12.5 Å². The van der Waals surface area contributed by atoms with Gasteiger partial charge < -0.3 is 0 Å². The van der Waals surface area contributed by atoms with Gasteiger partial charge >= 0.3 is 0 Å². The van der Waals surface area contributed by atoms with E-state index in [0.717, 1.165) is 18.7 Å². The fraction of sp³-hybridized carbons (Fsp3) is 0.818. The molecule has 0 unspecified atom stereocenters. The van der Waals surface area contributed by atoms with Crippen molar-refractivity contribution in [3.8, 4) is 0 Å². The highest BCUT2D eigenvalue weighted by molar-refractivity contribution is 6.30. The topological polar surface area (TPSA) is 30.7 Å². The highest BCUT2D eigenvalue weighted by Gasteiger charge is 2.12. The third kappa shape index (κ3) is 3.49. The minimum absolute atomic E-state index is 0.349. The van der Waals surface area contributed by atoms with E-state index in [1.807, 2.05) is 4.68 Å². The van der Waals surface area contributed by atoms with Gasteiger partial charge in [-0.15, -0.1) is 5.10 Å². The number of aromatic nitrogens is 3. The van der Waals surface area contributed by atoms with Crippen LogP contribution in [0, 0.1) is 0 Å². The minimum Gasteiger partial charge on any atom is -0.234 e. The van der Waals surface area contributed by atoms with E-state index in [9.17, 15) is 0 Å². The Hall–Kier alpha value is -0.570. The first-order valence-corrected chi connectivity index (χ1v) is 6.13. The molecule has 0 radical (unpaired) electrons. The number of hydrogen-bond acceptors (Lipinski definition) is 2. The van der Waals surface area contributed by atoms with E-state index in [4.69, 9.17) is 11.6 Å². The molecule has 0 saturated carbocycles. The van der Waals surface area contributed by atoms with E-state index in [1.165, 1.54) is 19.3 Å². The van der Waals surface area contributed by atoms with Gasteiger partial charge in [-0.3, -0.25) is 0 Å². The van der Waals surface area contributed by atoms with Crippen molar-refractivity contribution in [2.75, 3.05) is 0 Å². The predicted molar refractivity (Wildman–Crippen MR) is 63.3 cm³/mol. The van der Waals surface area contributed by atoms with Crippen LogP contribution in [0.5, 0.6) is 0 Å². The molecule has 0 aliphatic rings. The van der Waals surface area contributed by atoms with Crippen LogP contribution < -0.4 is 0 Å². The first-order chi connectivity index (χ1) is 7.16. The molecule has 1 aromatic rings. The lowest BCUT2D eigenvalue weighted by Gasteiger charge is -2.03. The molecule has 3 nitrogen and oxygen atoms in total. The van der Waals surface area contributed by atoms with Crippen LogP contribution in [0.15, 0.2) is 0 Å². The lowest BCUT2D eigenvalue weighted by Crippen LogP contribution is -2.00. The summed E-state index contributed by atoms with van der Waals surface area (Å²) in [6.45, 7) is 7.26. The number of nitrogens with zero attached hydrogens (tertiary/aromatic N) is 3. The molecule has 0 atom stereocenters. The van der Waals surface area contributed by atoms with Gasteiger partial charge in [0.15, 0.2) is 5.15 Å². The van der Waals surface area contributed by atoms with Gasteiger partial charge in [0.05, 0.1) is 0 Å². The van der Waals surface area contributed by atoms with Crippen molar-refractivity contribution in [3.05, 3.63) is 10.8 Å². The van der Waals surface area contributed by atoms with Crippen molar-refractivity contribution in [1.82, 2.24) is 15.0 Å². The van der Waals surface area contributed by atoms with Gasteiger partial charge in [0.2, 0.25) is 0 Å². The molecule has 0 aromatic carbocycles. The summed E-state index contributed by atoms with van der Waals surface area (Å²) in [5.74, 6) is 0.349. The van der Waals surface area contributed by atoms with Crippen molar-refractivity contribution >= 4 is 11.6 Å². The predicted octanol–water partition coefficient (Wildman–Crippen LogP) is 3.64. The second kappa shape index (κ2) is 6.11. The normalized spacial score (nSPS) is 11.3. The Morgan fingerprint density at radius 3 is 2.53 bits per heavy atom. The standard InChI is InChI=1S/C11H20ClN3/c1-4-5-6-7-8-15-11(12)10(9(2)3)13-14-15/h9H,4-8H2,1-3H3. The monoisotopic (exact) mass is 229 g/mol. The number of halogens is 1. The molecular weight excluding hydrogens is 210 g/mol. The Kier molecular flexibility index (Phi) is 5.09. The van der Waals surface area contributed by atoms with Crippen molar-refractivity contribution in [2.24, 2.45) is 0 Å². The SMILES string of the molecule is CCCCCCn1nnc(C(C)C)c1Cl. The van der Waals surface area contributed by atoms with Crippen LogP contribution in [0.2, 0.25) is 5.15 Å². The average molecular weight is 230 g/mol. The third-order valence-corrected chi connectivity index (χ3v) is 2.86. The summed E-state index contributed by atoms with van der Waals surface area (Å²) in [5, 5.41) is 8.87. The molecule has 1 aromatic heterocycles. The number of aryl methyl sites for hydroxylation is 1. The lowest BCUT2D eigenvalue weighted by molar-refractivity contribution is 0.528. The minimum atomic E-state index is 0.349. The summed E-state index contributed by atoms with van der Waals surface area (Å²) in [4.78, 5) is 0. The quantitative estimate of drug-likeness (QED) is 0.698. The summed E-state index contributed by atoms with van der Waals surface area (Å²) >= 11 is 6.17. The molecule has 0 N–H and O–H groups in total. The van der Waals surface area contributed by atoms with Gasteiger partial charge in [0.1, 0.15) is 5.69 Å². The molecule has 0 aliphatic carbocycles. The maximum absolute atomic E-state index is 6.17. The maximum atomic E-state index is 6.17. The number of rotatable bonds is 6. The van der Waals surface area contributed by atoms with E-state index >= 15 is 0 Å². The zero-order valence-electron chi connectivity index (χ0n) is 9.83. The second-order valence-corrected chi connectivity index (χ2v) is 4.56. The summed E-state index contributed by atoms with van der Waals surface area (Å²) in [6, 6.07) is 0. The van der Waals surface area contributed by atoms with Crippen LogP contribution in [0.3, 0.4) is 0 Å². The van der Waals surface area contributed by atoms with Gasteiger partial charge in [-0.25, -0.2) is 4.68 Å². The highest BCUT2D eigenvalue weighted by Crippen LogP contribution is 2.21. The van der Waals surface area contributed by atoms with Gasteiger partial charge in [0.25, 0.3) is 0 Å². The molecule has 0 fully saturated rings. The van der Waals surface area contributed by atoms with Gasteiger partial charge in [-0.05, 0) is 6.42 Å². The molecule has 1 rings (SSSR count). The van der Waals surface area contributed by atoms with Crippen molar-refractivity contribution < 1.29 is 0 Å². The number of hydrogen-bond donors (Lipinski definition) is 0. The van der Waals surface area contributed by atoms with Crippen molar-refractivity contribution in [2.45, 2.75) is 58.9 Å². The van der Waals surface area contributed by atoms with Crippen molar-refractivity contribution in [1.29, 1.82) is 0 Å². The van der Waals surface area contributed by atoms with E-state index < -0.39 is 0 Å².